The van der Waals surface area contributed by atoms with Crippen LogP contribution in [0.15, 0.2) is 57.0 Å². The number of hydrogen-bond acceptors (Lipinski definition) is 7. The molecule has 0 bridgehead atoms. The fourth-order valence-corrected chi connectivity index (χ4v) is 9.12. The zero-order valence-corrected chi connectivity index (χ0v) is 28.5. The number of methoxy groups -OCH3 is 1. The maximum absolute atomic E-state index is 14.6. The van der Waals surface area contributed by atoms with Crippen molar-refractivity contribution in [1.29, 1.82) is 0 Å². The van der Waals surface area contributed by atoms with E-state index in [1.54, 1.807) is 37.3 Å². The first-order valence-corrected chi connectivity index (χ1v) is 17.0. The molecule has 2 aromatic carbocycles. The van der Waals surface area contributed by atoms with Crippen molar-refractivity contribution in [2.75, 3.05) is 18.6 Å². The molecule has 242 valence electrons. The van der Waals surface area contributed by atoms with Crippen LogP contribution in [0.1, 0.15) is 56.9 Å². The fourth-order valence-electron chi connectivity index (χ4n) is 8.17. The number of carboxylic acids is 1. The number of aliphatic carboxylic acids is 1. The molecule has 6 atom stereocenters. The minimum absolute atomic E-state index is 0.0323. The van der Waals surface area contributed by atoms with E-state index in [-0.39, 0.29) is 54.5 Å². The van der Waals surface area contributed by atoms with E-state index in [1.165, 1.54) is 16.9 Å². The molecule has 2 aliphatic carbocycles. The van der Waals surface area contributed by atoms with Crippen molar-refractivity contribution < 1.29 is 38.9 Å². The number of carboxylic acid groups (broad SMARTS) is 1. The minimum Gasteiger partial charge on any atom is -0.503 e. The predicted molar refractivity (Wildman–Crippen MR) is 174 cm³/mol. The third-order valence-electron chi connectivity index (χ3n) is 10.4. The smallest absolute Gasteiger partial charge is 0.303 e. The molecule has 1 saturated carbocycles. The number of fused-ring (bicyclic) bond motifs is 4. The number of likely N-dealkylation sites (tertiary alicyclic amines) is 1. The van der Waals surface area contributed by atoms with Gasteiger partial charge in [0, 0.05) is 23.4 Å². The number of halogens is 2. The first-order valence-electron chi connectivity index (χ1n) is 15.4. The standard InChI is InChI=1S/C34H34Br2N2O8/c1-34-22(31(43)38(33(34)45)17-9-5-3-6-10-17)15-20-18(26(34)21-16-23(46-2)29(41)28(36)27(21)35)12-13-19-25(20)32(44)37(30(19)42)14-8-4-7-11-24(39)40/h3,5-6,9-10,12,16,19-20,22,25-26,41H,4,7-8,11,13-15H2,1-2H3,(H,39,40). The molecule has 0 radical (unpaired) electrons. The normalized spacial score (nSPS) is 28.6. The number of anilines is 1. The van der Waals surface area contributed by atoms with E-state index in [9.17, 15) is 29.1 Å². The van der Waals surface area contributed by atoms with Crippen LogP contribution in [0.25, 0.3) is 0 Å². The van der Waals surface area contributed by atoms with Gasteiger partial charge < -0.3 is 14.9 Å². The lowest BCUT2D eigenvalue weighted by molar-refractivity contribution is -0.141. The number of rotatable bonds is 9. The Balaban J connectivity index is 1.44. The van der Waals surface area contributed by atoms with Gasteiger partial charge in [0.05, 0.1) is 40.4 Å². The van der Waals surface area contributed by atoms with Gasteiger partial charge in [-0.1, -0.05) is 36.3 Å². The van der Waals surface area contributed by atoms with Crippen LogP contribution in [0.5, 0.6) is 11.5 Å². The molecule has 10 nitrogen and oxygen atoms in total. The Labute approximate surface area is 283 Å². The van der Waals surface area contributed by atoms with Crippen LogP contribution in [0.3, 0.4) is 0 Å². The summed E-state index contributed by atoms with van der Waals surface area (Å²) in [5, 5.41) is 19.7. The molecule has 2 N–H and O–H groups in total. The Bertz CT molecular complexity index is 1680. The zero-order chi connectivity index (χ0) is 33.1. The molecule has 6 rings (SSSR count). The average Bonchev–Trinajstić information content (AvgIpc) is 3.40. The number of ether oxygens (including phenoxy) is 1. The number of nitrogens with zero attached hydrogens (tertiary/aromatic N) is 2. The number of amides is 4. The highest BCUT2D eigenvalue weighted by atomic mass is 79.9. The molecule has 2 heterocycles. The Kier molecular flexibility index (Phi) is 8.64. The Morgan fingerprint density at radius 1 is 1.00 bits per heavy atom. The topological polar surface area (TPSA) is 142 Å². The number of phenols is 1. The van der Waals surface area contributed by atoms with Crippen molar-refractivity contribution in [3.63, 3.8) is 0 Å². The number of aromatic hydroxyl groups is 1. The Morgan fingerprint density at radius 2 is 1.72 bits per heavy atom. The summed E-state index contributed by atoms with van der Waals surface area (Å²) in [6.07, 6.45) is 4.09. The molecule has 2 aromatic rings. The summed E-state index contributed by atoms with van der Waals surface area (Å²) in [4.78, 5) is 70.0. The molecule has 3 fully saturated rings. The maximum Gasteiger partial charge on any atom is 0.303 e. The van der Waals surface area contributed by atoms with Gasteiger partial charge in [0.15, 0.2) is 11.5 Å². The molecule has 0 spiro atoms. The number of allylic oxidation sites excluding steroid dienone is 2. The first-order chi connectivity index (χ1) is 21.9. The monoisotopic (exact) mass is 756 g/mol. The van der Waals surface area contributed by atoms with Gasteiger partial charge in [-0.3, -0.25) is 28.9 Å². The lowest BCUT2D eigenvalue weighted by Crippen LogP contribution is -2.49. The SMILES string of the molecule is COc1cc(C2C3=CCC4C(=O)N(CCCCCC(=O)O)C(=O)C4C3CC3C(=O)N(c4ccccc4)C(=O)C32C)c(Br)c(Br)c1O. The molecule has 6 unspecified atom stereocenters. The molecular formula is C34H34Br2N2O8. The van der Waals surface area contributed by atoms with Gasteiger partial charge in [0.2, 0.25) is 23.6 Å². The second-order valence-electron chi connectivity index (χ2n) is 12.7. The number of carbonyl (C=O) groups is 5. The van der Waals surface area contributed by atoms with Crippen molar-refractivity contribution in [1.82, 2.24) is 4.90 Å². The molecule has 0 aromatic heterocycles. The predicted octanol–water partition coefficient (Wildman–Crippen LogP) is 5.80. The summed E-state index contributed by atoms with van der Waals surface area (Å²) in [5.74, 6) is -5.28. The van der Waals surface area contributed by atoms with E-state index >= 15 is 0 Å². The highest BCUT2D eigenvalue weighted by Gasteiger charge is 2.67. The third-order valence-corrected chi connectivity index (χ3v) is 12.5. The van der Waals surface area contributed by atoms with Crippen molar-refractivity contribution in [3.8, 4) is 11.5 Å². The molecule has 4 aliphatic rings. The second kappa shape index (κ2) is 12.3. The Hall–Kier alpha value is -3.51. The second-order valence-corrected chi connectivity index (χ2v) is 14.3. The van der Waals surface area contributed by atoms with Crippen LogP contribution < -0.4 is 9.64 Å². The van der Waals surface area contributed by atoms with Gasteiger partial charge in [0.1, 0.15) is 0 Å². The van der Waals surface area contributed by atoms with E-state index in [0.717, 1.165) is 5.57 Å². The van der Waals surface area contributed by atoms with Crippen LogP contribution in [-0.2, 0) is 24.0 Å². The number of carbonyl (C=O) groups excluding carboxylic acids is 4. The number of hydrogen-bond donors (Lipinski definition) is 2. The van der Waals surface area contributed by atoms with Crippen LogP contribution in [0.4, 0.5) is 5.69 Å². The van der Waals surface area contributed by atoms with E-state index in [4.69, 9.17) is 9.84 Å². The molecule has 46 heavy (non-hydrogen) atoms. The molecule has 4 amide bonds. The highest BCUT2D eigenvalue weighted by molar-refractivity contribution is 9.13. The first kappa shape index (κ1) is 32.4. The quantitative estimate of drug-likeness (QED) is 0.186. The summed E-state index contributed by atoms with van der Waals surface area (Å²) in [7, 11) is 1.43. The maximum atomic E-state index is 14.6. The van der Waals surface area contributed by atoms with Gasteiger partial charge in [-0.25, -0.2) is 4.90 Å². The van der Waals surface area contributed by atoms with Crippen molar-refractivity contribution in [3.05, 3.63) is 62.6 Å². The number of unbranched alkanes of at least 4 members (excludes halogenated alkanes) is 2. The van der Waals surface area contributed by atoms with Crippen LogP contribution in [0.2, 0.25) is 0 Å². The van der Waals surface area contributed by atoms with Crippen molar-refractivity contribution >= 4 is 67.1 Å². The summed E-state index contributed by atoms with van der Waals surface area (Å²) in [6.45, 7) is 2.02. The lowest BCUT2D eigenvalue weighted by Gasteiger charge is -2.49. The van der Waals surface area contributed by atoms with E-state index in [2.05, 4.69) is 31.9 Å². The van der Waals surface area contributed by atoms with Gasteiger partial charge >= 0.3 is 5.97 Å². The van der Waals surface area contributed by atoms with Gasteiger partial charge in [-0.2, -0.15) is 0 Å². The number of benzene rings is 2. The molecule has 12 heteroatoms. The molecule has 2 saturated heterocycles. The van der Waals surface area contributed by atoms with Crippen LogP contribution >= 0.6 is 31.9 Å². The van der Waals surface area contributed by atoms with E-state index < -0.39 is 41.0 Å². The fraction of sp³-hybridized carbons (Fsp3) is 0.441. The van der Waals surface area contributed by atoms with E-state index in [0.29, 0.717) is 45.9 Å². The summed E-state index contributed by atoms with van der Waals surface area (Å²) in [5.41, 5.74) is 0.653. The van der Waals surface area contributed by atoms with Crippen molar-refractivity contribution in [2.45, 2.75) is 51.4 Å². The average molecular weight is 758 g/mol. The minimum atomic E-state index is -1.25. The third kappa shape index (κ3) is 4.90. The van der Waals surface area contributed by atoms with Crippen LogP contribution in [-0.4, -0.2) is 58.4 Å². The highest BCUT2D eigenvalue weighted by Crippen LogP contribution is 2.65. The van der Waals surface area contributed by atoms with Gasteiger partial charge in [0.25, 0.3) is 0 Å². The summed E-state index contributed by atoms with van der Waals surface area (Å²) in [6, 6.07) is 10.4. The number of para-hydroxylation sites is 1. The van der Waals surface area contributed by atoms with Gasteiger partial charge in [-0.15, -0.1) is 0 Å². The summed E-state index contributed by atoms with van der Waals surface area (Å²) < 4.78 is 6.32. The summed E-state index contributed by atoms with van der Waals surface area (Å²) >= 11 is 7.09. The van der Waals surface area contributed by atoms with E-state index in [1.807, 2.05) is 12.1 Å². The largest absolute Gasteiger partial charge is 0.503 e. The lowest BCUT2D eigenvalue weighted by atomic mass is 9.51. The Morgan fingerprint density at radius 3 is 2.39 bits per heavy atom. The molecular weight excluding hydrogens is 724 g/mol. The number of imide groups is 2. The number of phenolic OH excluding ortho intramolecular Hbond substituents is 1. The van der Waals surface area contributed by atoms with Crippen molar-refractivity contribution in [2.24, 2.45) is 29.1 Å². The zero-order valence-electron chi connectivity index (χ0n) is 25.4. The molecule has 2 aliphatic heterocycles. The van der Waals surface area contributed by atoms with Crippen LogP contribution in [0, 0.1) is 29.1 Å². The van der Waals surface area contributed by atoms with Gasteiger partial charge in [-0.05, 0) is 94.1 Å².